The molecule has 0 spiro atoms. The van der Waals surface area contributed by atoms with Gasteiger partial charge in [0.15, 0.2) is 0 Å². The molecule has 4 heteroatoms. The van der Waals surface area contributed by atoms with Gasteiger partial charge in [0.2, 0.25) is 0 Å². The molecule has 2 rings (SSSR count). The Morgan fingerprint density at radius 1 is 1.39 bits per heavy atom. The molecule has 2 heterocycles. The molecule has 0 aromatic carbocycles. The smallest absolute Gasteiger partial charge is 0.135 e. The molecule has 1 saturated heterocycles. The van der Waals surface area contributed by atoms with Gasteiger partial charge in [-0.2, -0.15) is 11.3 Å². The maximum absolute atomic E-state index is 11.7. The molecule has 100 valence electrons. The topological polar surface area (TPSA) is 38.3 Å². The third kappa shape index (κ3) is 4.88. The average Bonchev–Trinajstić information content (AvgIpc) is 2.91. The Kier molecular flexibility index (Phi) is 5.84. The molecule has 0 radical (unpaired) electrons. The van der Waals surface area contributed by atoms with Crippen molar-refractivity contribution in [3.8, 4) is 0 Å². The molecule has 1 aliphatic heterocycles. The van der Waals surface area contributed by atoms with Crippen LogP contribution in [-0.2, 0) is 16.0 Å². The van der Waals surface area contributed by atoms with E-state index in [0.29, 0.717) is 31.3 Å². The van der Waals surface area contributed by atoms with Crippen LogP contribution in [0.25, 0.3) is 0 Å². The predicted octanol–water partition coefficient (Wildman–Crippen LogP) is 2.41. The molecule has 0 bridgehead atoms. The van der Waals surface area contributed by atoms with Crippen molar-refractivity contribution in [2.24, 2.45) is 0 Å². The molecule has 1 N–H and O–H groups in total. The molecule has 0 amide bonds. The molecule has 0 atom stereocenters. The van der Waals surface area contributed by atoms with E-state index in [1.54, 1.807) is 11.3 Å². The summed E-state index contributed by atoms with van der Waals surface area (Å²) in [5.41, 5.74) is 1.27. The highest BCUT2D eigenvalue weighted by Gasteiger charge is 2.13. The van der Waals surface area contributed by atoms with Gasteiger partial charge in [-0.25, -0.2) is 0 Å². The van der Waals surface area contributed by atoms with Crippen LogP contribution >= 0.6 is 11.3 Å². The molecular weight excluding hydrogens is 246 g/mol. The minimum atomic E-state index is 0.315. The summed E-state index contributed by atoms with van der Waals surface area (Å²) >= 11 is 1.69. The Labute approximate surface area is 113 Å². The third-order valence-electron chi connectivity index (χ3n) is 3.29. The van der Waals surface area contributed by atoms with Crippen LogP contribution in [0, 0.1) is 0 Å². The molecule has 0 unspecified atom stereocenters. The number of nitrogens with one attached hydrogen (secondary N) is 1. The van der Waals surface area contributed by atoms with Gasteiger partial charge in [0.05, 0.1) is 12.7 Å². The van der Waals surface area contributed by atoms with Gasteiger partial charge in [0, 0.05) is 12.8 Å². The first-order chi connectivity index (χ1) is 8.84. The summed E-state index contributed by atoms with van der Waals surface area (Å²) in [7, 11) is 0. The number of rotatable bonds is 7. The van der Waals surface area contributed by atoms with E-state index in [-0.39, 0.29) is 0 Å². The zero-order chi connectivity index (χ0) is 12.6. The second-order valence-electron chi connectivity index (χ2n) is 4.74. The Morgan fingerprint density at radius 3 is 2.94 bits per heavy atom. The summed E-state index contributed by atoms with van der Waals surface area (Å²) < 4.78 is 5.73. The molecule has 3 nitrogen and oxygen atoms in total. The fraction of sp³-hybridized carbons (Fsp3) is 0.643. The number of thiophene rings is 1. The van der Waals surface area contributed by atoms with Crippen LogP contribution in [0.5, 0.6) is 0 Å². The monoisotopic (exact) mass is 267 g/mol. The van der Waals surface area contributed by atoms with E-state index in [0.717, 1.165) is 32.4 Å². The van der Waals surface area contributed by atoms with Crippen LogP contribution in [0.4, 0.5) is 0 Å². The van der Waals surface area contributed by atoms with Gasteiger partial charge in [-0.1, -0.05) is 0 Å². The van der Waals surface area contributed by atoms with Crippen LogP contribution < -0.4 is 5.32 Å². The Morgan fingerprint density at radius 2 is 2.22 bits per heavy atom. The fourth-order valence-corrected chi connectivity index (χ4v) is 2.85. The summed E-state index contributed by atoms with van der Waals surface area (Å²) in [5, 5.41) is 7.47. The third-order valence-corrected chi connectivity index (χ3v) is 4.03. The molecule has 1 aromatic heterocycles. The van der Waals surface area contributed by atoms with Crippen LogP contribution in [-0.4, -0.2) is 31.6 Å². The van der Waals surface area contributed by atoms with Crippen LogP contribution in [0.15, 0.2) is 16.8 Å². The van der Waals surface area contributed by atoms with E-state index < -0.39 is 0 Å². The lowest BCUT2D eigenvalue weighted by Crippen LogP contribution is -2.32. The number of carbonyl (C=O) groups is 1. The highest BCUT2D eigenvalue weighted by Crippen LogP contribution is 2.10. The largest absolute Gasteiger partial charge is 0.378 e. The van der Waals surface area contributed by atoms with Crippen molar-refractivity contribution >= 4 is 17.1 Å². The average molecular weight is 267 g/mol. The van der Waals surface area contributed by atoms with Gasteiger partial charge in [-0.05, 0) is 54.7 Å². The molecule has 18 heavy (non-hydrogen) atoms. The molecule has 0 saturated carbocycles. The molecule has 1 aliphatic rings. The summed E-state index contributed by atoms with van der Waals surface area (Å²) in [4.78, 5) is 11.7. The van der Waals surface area contributed by atoms with Crippen LogP contribution in [0.2, 0.25) is 0 Å². The van der Waals surface area contributed by atoms with E-state index >= 15 is 0 Å². The number of ether oxygens (including phenoxy) is 1. The van der Waals surface area contributed by atoms with Gasteiger partial charge >= 0.3 is 0 Å². The van der Waals surface area contributed by atoms with Crippen molar-refractivity contribution in [2.45, 2.75) is 38.2 Å². The second-order valence-corrected chi connectivity index (χ2v) is 5.52. The molecule has 1 fully saturated rings. The Hall–Kier alpha value is -0.710. The van der Waals surface area contributed by atoms with Crippen molar-refractivity contribution in [3.05, 3.63) is 22.4 Å². The van der Waals surface area contributed by atoms with Crippen molar-refractivity contribution in [1.82, 2.24) is 5.32 Å². The second kappa shape index (κ2) is 7.67. The number of aryl methyl sites for hydroxylation is 1. The highest BCUT2D eigenvalue weighted by molar-refractivity contribution is 7.07. The zero-order valence-electron chi connectivity index (χ0n) is 10.7. The maximum atomic E-state index is 11.7. The first-order valence-corrected chi connectivity index (χ1v) is 7.64. The zero-order valence-corrected chi connectivity index (χ0v) is 11.5. The first kappa shape index (κ1) is 13.7. The number of Topliss-reactive ketones (excluding diaryl/α,β-unsaturated/α-hetero) is 1. The summed E-state index contributed by atoms with van der Waals surface area (Å²) in [6.07, 6.45) is 4.58. The van der Waals surface area contributed by atoms with Crippen molar-refractivity contribution < 1.29 is 9.53 Å². The van der Waals surface area contributed by atoms with Crippen LogP contribution in [0.1, 0.15) is 31.2 Å². The molecular formula is C14H21NO2S. The lowest BCUT2D eigenvalue weighted by atomic mass is 10.1. The number of hydrogen-bond donors (Lipinski definition) is 1. The minimum absolute atomic E-state index is 0.315. The maximum Gasteiger partial charge on any atom is 0.135 e. The van der Waals surface area contributed by atoms with Gasteiger partial charge < -0.3 is 10.1 Å². The lowest BCUT2D eigenvalue weighted by molar-refractivity contribution is -0.120. The van der Waals surface area contributed by atoms with Crippen molar-refractivity contribution in [3.63, 3.8) is 0 Å². The number of ketones is 1. The van der Waals surface area contributed by atoms with E-state index in [2.05, 4.69) is 22.1 Å². The Balaban J connectivity index is 1.54. The van der Waals surface area contributed by atoms with Gasteiger partial charge in [0.1, 0.15) is 5.78 Å². The normalized spacial score (nSPS) is 16.9. The SMILES string of the molecule is O=C(CCOC1CCNCC1)CCc1ccsc1. The van der Waals surface area contributed by atoms with E-state index in [9.17, 15) is 4.79 Å². The summed E-state index contributed by atoms with van der Waals surface area (Å²) in [5.74, 6) is 0.315. The Bertz CT molecular complexity index is 345. The van der Waals surface area contributed by atoms with E-state index in [4.69, 9.17) is 4.74 Å². The standard InChI is InChI=1S/C14H21NO2S/c16-13(2-1-12-6-10-18-11-12)5-9-17-14-3-7-15-8-4-14/h6,10-11,14-15H,1-5,7-9H2. The van der Waals surface area contributed by atoms with Gasteiger partial charge in [-0.3, -0.25) is 4.79 Å². The summed E-state index contributed by atoms with van der Waals surface area (Å²) in [6.45, 7) is 2.67. The number of carbonyl (C=O) groups excluding carboxylic acids is 1. The molecule has 1 aromatic rings. The number of piperidine rings is 1. The number of hydrogen-bond acceptors (Lipinski definition) is 4. The lowest BCUT2D eigenvalue weighted by Gasteiger charge is -2.22. The molecule has 0 aliphatic carbocycles. The predicted molar refractivity (Wildman–Crippen MR) is 74.1 cm³/mol. The van der Waals surface area contributed by atoms with E-state index in [1.807, 2.05) is 0 Å². The minimum Gasteiger partial charge on any atom is -0.378 e. The van der Waals surface area contributed by atoms with Gasteiger partial charge in [-0.15, -0.1) is 0 Å². The fourth-order valence-electron chi connectivity index (χ4n) is 2.15. The van der Waals surface area contributed by atoms with Crippen LogP contribution in [0.3, 0.4) is 0 Å². The van der Waals surface area contributed by atoms with Gasteiger partial charge in [0.25, 0.3) is 0 Å². The highest BCUT2D eigenvalue weighted by atomic mass is 32.1. The quantitative estimate of drug-likeness (QED) is 0.824. The summed E-state index contributed by atoms with van der Waals surface area (Å²) in [6, 6.07) is 2.09. The van der Waals surface area contributed by atoms with Crippen molar-refractivity contribution in [1.29, 1.82) is 0 Å². The van der Waals surface area contributed by atoms with E-state index in [1.165, 1.54) is 5.56 Å². The first-order valence-electron chi connectivity index (χ1n) is 6.69. The van der Waals surface area contributed by atoms with Crippen molar-refractivity contribution in [2.75, 3.05) is 19.7 Å².